The molecule has 0 aliphatic heterocycles. The van der Waals surface area contributed by atoms with Crippen molar-refractivity contribution < 1.29 is 19.9 Å². The Kier molecular flexibility index (Phi) is 5.94. The van der Waals surface area contributed by atoms with Gasteiger partial charge in [-0.05, 0) is 24.1 Å². The monoisotopic (exact) mass is 285 g/mol. The van der Waals surface area contributed by atoms with Gasteiger partial charge in [-0.25, -0.2) is 0 Å². The van der Waals surface area contributed by atoms with E-state index >= 15 is 0 Å². The first-order valence-electron chi connectivity index (χ1n) is 5.65. The summed E-state index contributed by atoms with van der Waals surface area (Å²) >= 11 is 1.08. The van der Waals surface area contributed by atoms with Crippen molar-refractivity contribution in [2.24, 2.45) is 0 Å². The normalized spacial score (nSPS) is 13.8. The predicted molar refractivity (Wildman–Crippen MR) is 71.8 cm³/mol. The lowest BCUT2D eigenvalue weighted by molar-refractivity contribution is -0.384. The quantitative estimate of drug-likeness (QED) is 0.609. The second kappa shape index (κ2) is 7.22. The Hall–Kier alpha value is -1.44. The van der Waals surface area contributed by atoms with Gasteiger partial charge in [-0.1, -0.05) is 11.8 Å². The Morgan fingerprint density at radius 2 is 1.95 bits per heavy atom. The lowest BCUT2D eigenvalue weighted by Crippen LogP contribution is -2.19. The number of aliphatic hydroxyl groups is 2. The average Bonchev–Trinajstić information content (AvgIpc) is 2.37. The number of hydrogen-bond acceptors (Lipinski definition) is 6. The van der Waals surface area contributed by atoms with Crippen molar-refractivity contribution in [3.8, 4) is 0 Å². The second-order valence-electron chi connectivity index (χ2n) is 3.99. The van der Waals surface area contributed by atoms with Crippen LogP contribution < -0.4 is 0 Å². The second-order valence-corrected chi connectivity index (χ2v) is 5.26. The van der Waals surface area contributed by atoms with Crippen LogP contribution in [0, 0.1) is 10.1 Å². The Morgan fingerprint density at radius 3 is 2.42 bits per heavy atom. The summed E-state index contributed by atoms with van der Waals surface area (Å²) in [7, 11) is 0. The van der Waals surface area contributed by atoms with Crippen LogP contribution in [0.15, 0.2) is 24.3 Å². The summed E-state index contributed by atoms with van der Waals surface area (Å²) < 4.78 is 0. The van der Waals surface area contributed by atoms with Crippen LogP contribution in [0.1, 0.15) is 25.0 Å². The molecule has 0 aromatic heterocycles. The SMILES string of the molecule is CC(=O)SCCC(O)C(O)c1ccc([N+](=O)[O-])cc1. The highest BCUT2D eigenvalue weighted by molar-refractivity contribution is 8.13. The van der Waals surface area contributed by atoms with Crippen molar-refractivity contribution in [1.29, 1.82) is 0 Å². The summed E-state index contributed by atoms with van der Waals surface area (Å²) in [4.78, 5) is 20.7. The molecule has 0 heterocycles. The minimum absolute atomic E-state index is 0.0444. The van der Waals surface area contributed by atoms with E-state index in [-0.39, 0.29) is 17.2 Å². The molecule has 6 nitrogen and oxygen atoms in total. The number of nitro groups is 1. The number of aliphatic hydroxyl groups excluding tert-OH is 2. The number of carbonyl (C=O) groups is 1. The highest BCUT2D eigenvalue weighted by Gasteiger charge is 2.19. The van der Waals surface area contributed by atoms with Crippen molar-refractivity contribution in [2.75, 3.05) is 5.75 Å². The van der Waals surface area contributed by atoms with Crippen molar-refractivity contribution >= 4 is 22.6 Å². The van der Waals surface area contributed by atoms with Crippen LogP contribution in [0.2, 0.25) is 0 Å². The Morgan fingerprint density at radius 1 is 1.37 bits per heavy atom. The zero-order valence-corrected chi connectivity index (χ0v) is 11.2. The van der Waals surface area contributed by atoms with Gasteiger partial charge < -0.3 is 10.2 Å². The molecule has 2 atom stereocenters. The van der Waals surface area contributed by atoms with Crippen LogP contribution in [0.3, 0.4) is 0 Å². The number of non-ortho nitro benzene ring substituents is 1. The maximum atomic E-state index is 10.7. The van der Waals surface area contributed by atoms with E-state index in [4.69, 9.17) is 0 Å². The van der Waals surface area contributed by atoms with Crippen molar-refractivity contribution in [3.05, 3.63) is 39.9 Å². The molecular formula is C12H15NO5S. The third-order valence-corrected chi connectivity index (χ3v) is 3.38. The molecule has 0 saturated carbocycles. The summed E-state index contributed by atoms with van der Waals surface area (Å²) in [5, 5.41) is 30.1. The van der Waals surface area contributed by atoms with Gasteiger partial charge in [0.2, 0.25) is 0 Å². The molecule has 1 aromatic rings. The van der Waals surface area contributed by atoms with E-state index in [0.29, 0.717) is 11.3 Å². The number of nitrogens with zero attached hydrogens (tertiary/aromatic N) is 1. The number of thioether (sulfide) groups is 1. The van der Waals surface area contributed by atoms with Gasteiger partial charge in [0.1, 0.15) is 6.10 Å². The molecule has 1 rings (SSSR count). The molecule has 0 aliphatic rings. The first-order chi connectivity index (χ1) is 8.91. The van der Waals surface area contributed by atoms with E-state index in [9.17, 15) is 25.1 Å². The van der Waals surface area contributed by atoms with E-state index < -0.39 is 17.1 Å². The number of carbonyl (C=O) groups excluding carboxylic acids is 1. The van der Waals surface area contributed by atoms with Gasteiger partial charge in [0.15, 0.2) is 5.12 Å². The molecule has 104 valence electrons. The van der Waals surface area contributed by atoms with E-state index in [1.807, 2.05) is 0 Å². The first-order valence-corrected chi connectivity index (χ1v) is 6.64. The minimum atomic E-state index is -1.12. The lowest BCUT2D eigenvalue weighted by atomic mass is 10.0. The summed E-state index contributed by atoms with van der Waals surface area (Å²) in [5.41, 5.74) is 0.337. The summed E-state index contributed by atoms with van der Waals surface area (Å²) in [6.45, 7) is 1.43. The molecule has 0 amide bonds. The topological polar surface area (TPSA) is 101 Å². The fourth-order valence-electron chi connectivity index (χ4n) is 1.50. The summed E-state index contributed by atoms with van der Waals surface area (Å²) in [5.74, 6) is 0.417. The number of benzene rings is 1. The molecule has 0 bridgehead atoms. The number of rotatable bonds is 6. The predicted octanol–water partition coefficient (Wildman–Crippen LogP) is 1.66. The molecule has 0 aliphatic carbocycles. The molecule has 2 unspecified atom stereocenters. The van der Waals surface area contributed by atoms with E-state index in [1.165, 1.54) is 31.2 Å². The lowest BCUT2D eigenvalue weighted by Gasteiger charge is -2.17. The largest absolute Gasteiger partial charge is 0.390 e. The first kappa shape index (κ1) is 15.6. The van der Waals surface area contributed by atoms with Crippen LogP contribution in [0.5, 0.6) is 0 Å². The Balaban J connectivity index is 2.58. The zero-order valence-electron chi connectivity index (χ0n) is 10.4. The maximum Gasteiger partial charge on any atom is 0.269 e. The van der Waals surface area contributed by atoms with Crippen LogP contribution >= 0.6 is 11.8 Å². The number of nitro benzene ring substituents is 1. The van der Waals surface area contributed by atoms with E-state index in [2.05, 4.69) is 0 Å². The van der Waals surface area contributed by atoms with Gasteiger partial charge in [0, 0.05) is 24.8 Å². The van der Waals surface area contributed by atoms with Gasteiger partial charge in [-0.2, -0.15) is 0 Å². The van der Waals surface area contributed by atoms with E-state index in [0.717, 1.165) is 11.8 Å². The van der Waals surface area contributed by atoms with Gasteiger partial charge in [0.25, 0.3) is 5.69 Å². The van der Waals surface area contributed by atoms with Gasteiger partial charge >= 0.3 is 0 Å². The van der Waals surface area contributed by atoms with Crippen molar-refractivity contribution in [1.82, 2.24) is 0 Å². The van der Waals surface area contributed by atoms with Gasteiger partial charge in [0.05, 0.1) is 11.0 Å². The van der Waals surface area contributed by atoms with Gasteiger partial charge in [-0.3, -0.25) is 14.9 Å². The molecule has 0 radical (unpaired) electrons. The molecule has 1 aromatic carbocycles. The van der Waals surface area contributed by atoms with Crippen molar-refractivity contribution in [3.63, 3.8) is 0 Å². The van der Waals surface area contributed by atoms with E-state index in [1.54, 1.807) is 0 Å². The van der Waals surface area contributed by atoms with Crippen LogP contribution in [-0.2, 0) is 4.79 Å². The number of hydrogen-bond donors (Lipinski definition) is 2. The highest BCUT2D eigenvalue weighted by atomic mass is 32.2. The molecule has 0 saturated heterocycles. The molecule has 19 heavy (non-hydrogen) atoms. The summed E-state index contributed by atoms with van der Waals surface area (Å²) in [6.07, 6.45) is -1.86. The van der Waals surface area contributed by atoms with Gasteiger partial charge in [-0.15, -0.1) is 0 Å². The molecular weight excluding hydrogens is 270 g/mol. The summed E-state index contributed by atoms with van der Waals surface area (Å²) in [6, 6.07) is 5.36. The zero-order chi connectivity index (χ0) is 14.4. The van der Waals surface area contributed by atoms with Crippen molar-refractivity contribution in [2.45, 2.75) is 25.6 Å². The van der Waals surface area contributed by atoms with Crippen LogP contribution in [0.25, 0.3) is 0 Å². The third-order valence-electron chi connectivity index (χ3n) is 2.53. The molecule has 0 spiro atoms. The minimum Gasteiger partial charge on any atom is -0.390 e. The molecule has 2 N–H and O–H groups in total. The standard InChI is InChI=1S/C12H15NO5S/c1-8(14)19-7-6-11(15)12(16)9-2-4-10(5-3-9)13(17)18/h2-5,11-12,15-16H,6-7H2,1H3. The third kappa shape index (κ3) is 4.98. The highest BCUT2D eigenvalue weighted by Crippen LogP contribution is 2.22. The van der Waals surface area contributed by atoms with Crippen LogP contribution in [0.4, 0.5) is 5.69 Å². The Labute approximate surface area is 114 Å². The maximum absolute atomic E-state index is 10.7. The van der Waals surface area contributed by atoms with Crippen LogP contribution in [-0.4, -0.2) is 32.1 Å². The average molecular weight is 285 g/mol. The fraction of sp³-hybridized carbons (Fsp3) is 0.417. The molecule has 7 heteroatoms. The smallest absolute Gasteiger partial charge is 0.269 e. The fourth-order valence-corrected chi connectivity index (χ4v) is 2.14. The molecule has 0 fully saturated rings. The Bertz CT molecular complexity index is 448.